The van der Waals surface area contributed by atoms with Gasteiger partial charge in [-0.3, -0.25) is 4.68 Å². The lowest BCUT2D eigenvalue weighted by Gasteiger charge is -2.31. The molecule has 0 amide bonds. The average Bonchev–Trinajstić information content (AvgIpc) is 2.65. The van der Waals surface area contributed by atoms with Crippen LogP contribution in [0.3, 0.4) is 0 Å². The molecule has 4 nitrogen and oxygen atoms in total. The van der Waals surface area contributed by atoms with Crippen molar-refractivity contribution < 1.29 is 4.74 Å². The first-order chi connectivity index (χ1) is 7.29. The second-order valence-corrected chi connectivity index (χ2v) is 4.25. The first kappa shape index (κ1) is 10.6. The molecule has 1 aromatic rings. The van der Waals surface area contributed by atoms with Crippen molar-refractivity contribution in [3.05, 3.63) is 18.0 Å². The summed E-state index contributed by atoms with van der Waals surface area (Å²) in [6, 6.07) is 0.582. The van der Waals surface area contributed by atoms with E-state index in [2.05, 4.69) is 16.6 Å². The Morgan fingerprint density at radius 2 is 2.53 bits per heavy atom. The maximum Gasteiger partial charge on any atom is 0.0521 e. The molecule has 0 aromatic carbocycles. The molecule has 15 heavy (non-hydrogen) atoms. The van der Waals surface area contributed by atoms with Crippen molar-refractivity contribution in [1.29, 1.82) is 0 Å². The summed E-state index contributed by atoms with van der Waals surface area (Å²) in [7, 11) is 3.99. The summed E-state index contributed by atoms with van der Waals surface area (Å²) < 4.78 is 7.38. The second kappa shape index (κ2) is 4.77. The number of hydrogen-bond acceptors (Lipinski definition) is 3. The zero-order chi connectivity index (χ0) is 10.7. The average molecular weight is 209 g/mol. The third-order valence-electron chi connectivity index (χ3n) is 3.10. The van der Waals surface area contributed by atoms with E-state index in [1.54, 1.807) is 0 Å². The number of nitrogens with zero attached hydrogens (tertiary/aromatic N) is 2. The van der Waals surface area contributed by atoms with Crippen LogP contribution in [0.2, 0.25) is 0 Å². The van der Waals surface area contributed by atoms with Crippen molar-refractivity contribution in [3.8, 4) is 0 Å². The Morgan fingerprint density at radius 3 is 3.20 bits per heavy atom. The van der Waals surface area contributed by atoms with E-state index in [9.17, 15) is 0 Å². The summed E-state index contributed by atoms with van der Waals surface area (Å²) in [5.41, 5.74) is 1.30. The van der Waals surface area contributed by atoms with E-state index in [0.717, 1.165) is 26.1 Å². The van der Waals surface area contributed by atoms with E-state index in [1.165, 1.54) is 5.56 Å². The highest BCUT2D eigenvalue weighted by atomic mass is 16.5. The van der Waals surface area contributed by atoms with Crippen molar-refractivity contribution in [2.24, 2.45) is 13.0 Å². The van der Waals surface area contributed by atoms with Crippen molar-refractivity contribution in [1.82, 2.24) is 15.1 Å². The molecular formula is C11H19N3O. The number of aromatic nitrogens is 2. The van der Waals surface area contributed by atoms with Gasteiger partial charge < -0.3 is 10.1 Å². The first-order valence-corrected chi connectivity index (χ1v) is 5.52. The molecule has 1 aliphatic heterocycles. The van der Waals surface area contributed by atoms with Crippen LogP contribution in [0.4, 0.5) is 0 Å². The van der Waals surface area contributed by atoms with E-state index in [4.69, 9.17) is 4.74 Å². The molecule has 0 radical (unpaired) electrons. The Bertz CT molecular complexity index is 311. The van der Waals surface area contributed by atoms with Gasteiger partial charge in [0.2, 0.25) is 0 Å². The number of hydrogen-bond donors (Lipinski definition) is 1. The summed E-state index contributed by atoms with van der Waals surface area (Å²) in [5, 5.41) is 7.56. The Morgan fingerprint density at radius 1 is 1.67 bits per heavy atom. The molecule has 4 heteroatoms. The maximum atomic E-state index is 5.53. The summed E-state index contributed by atoms with van der Waals surface area (Å²) in [6.07, 6.45) is 6.20. The largest absolute Gasteiger partial charge is 0.381 e. The minimum Gasteiger partial charge on any atom is -0.381 e. The van der Waals surface area contributed by atoms with E-state index < -0.39 is 0 Å². The lowest BCUT2D eigenvalue weighted by atomic mass is 9.90. The van der Waals surface area contributed by atoms with E-state index in [1.807, 2.05) is 25.0 Å². The molecule has 84 valence electrons. The molecule has 1 aliphatic rings. The van der Waals surface area contributed by atoms with Crippen LogP contribution in [0, 0.1) is 5.92 Å². The van der Waals surface area contributed by atoms with Crippen LogP contribution in [0.1, 0.15) is 12.0 Å². The lowest BCUT2D eigenvalue weighted by molar-refractivity contribution is 0.0342. The van der Waals surface area contributed by atoms with Gasteiger partial charge in [-0.1, -0.05) is 0 Å². The highest BCUT2D eigenvalue weighted by Crippen LogP contribution is 2.19. The van der Waals surface area contributed by atoms with Gasteiger partial charge in [-0.2, -0.15) is 5.10 Å². The molecule has 1 fully saturated rings. The van der Waals surface area contributed by atoms with Crippen LogP contribution >= 0.6 is 0 Å². The van der Waals surface area contributed by atoms with Gasteiger partial charge in [-0.25, -0.2) is 0 Å². The lowest BCUT2D eigenvalue weighted by Crippen LogP contribution is -2.41. The van der Waals surface area contributed by atoms with E-state index >= 15 is 0 Å². The predicted octanol–water partition coefficient (Wildman–Crippen LogP) is 0.587. The van der Waals surface area contributed by atoms with Crippen LogP contribution in [0.25, 0.3) is 0 Å². The Hall–Kier alpha value is -0.870. The predicted molar refractivity (Wildman–Crippen MR) is 58.7 cm³/mol. The Labute approximate surface area is 90.6 Å². The minimum absolute atomic E-state index is 0.577. The fraction of sp³-hybridized carbons (Fsp3) is 0.727. The third-order valence-corrected chi connectivity index (χ3v) is 3.10. The normalized spacial score (nSPS) is 26.8. The van der Waals surface area contributed by atoms with Gasteiger partial charge >= 0.3 is 0 Å². The van der Waals surface area contributed by atoms with Crippen molar-refractivity contribution in [3.63, 3.8) is 0 Å². The van der Waals surface area contributed by atoms with Gasteiger partial charge in [-0.05, 0) is 25.5 Å². The van der Waals surface area contributed by atoms with Crippen LogP contribution in [-0.4, -0.2) is 36.1 Å². The monoisotopic (exact) mass is 209 g/mol. The Kier molecular flexibility index (Phi) is 3.38. The molecule has 2 rings (SSSR count). The molecule has 0 bridgehead atoms. The highest BCUT2D eigenvalue weighted by molar-refractivity contribution is 5.06. The number of rotatable bonds is 3. The molecule has 2 unspecified atom stereocenters. The maximum absolute atomic E-state index is 5.53. The fourth-order valence-corrected chi connectivity index (χ4v) is 2.26. The molecule has 0 aliphatic carbocycles. The van der Waals surface area contributed by atoms with Crippen molar-refractivity contribution >= 4 is 0 Å². The number of ether oxygens (including phenoxy) is 1. The van der Waals surface area contributed by atoms with Crippen LogP contribution < -0.4 is 5.32 Å². The molecule has 1 aromatic heterocycles. The first-order valence-electron chi connectivity index (χ1n) is 5.52. The third kappa shape index (κ3) is 2.58. The van der Waals surface area contributed by atoms with E-state index in [0.29, 0.717) is 12.0 Å². The zero-order valence-corrected chi connectivity index (χ0v) is 9.44. The summed E-state index contributed by atoms with van der Waals surface area (Å²) in [5.74, 6) is 0.577. The fourth-order valence-electron chi connectivity index (χ4n) is 2.26. The standard InChI is InChI=1S/C11H19N3O/c1-12-11-3-4-15-8-10(11)5-9-6-13-14(2)7-9/h6-7,10-12H,3-5,8H2,1-2H3. The summed E-state index contributed by atoms with van der Waals surface area (Å²) in [6.45, 7) is 1.75. The van der Waals surface area contributed by atoms with Crippen LogP contribution in [-0.2, 0) is 18.2 Å². The topological polar surface area (TPSA) is 39.1 Å². The smallest absolute Gasteiger partial charge is 0.0521 e. The molecule has 1 saturated heterocycles. The highest BCUT2D eigenvalue weighted by Gasteiger charge is 2.24. The quantitative estimate of drug-likeness (QED) is 0.792. The molecule has 1 N–H and O–H groups in total. The van der Waals surface area contributed by atoms with Crippen LogP contribution in [0.15, 0.2) is 12.4 Å². The van der Waals surface area contributed by atoms with Gasteiger partial charge in [-0.15, -0.1) is 0 Å². The molecule has 0 spiro atoms. The van der Waals surface area contributed by atoms with Gasteiger partial charge in [0.1, 0.15) is 0 Å². The number of aryl methyl sites for hydroxylation is 1. The molecule has 2 heterocycles. The Balaban J connectivity index is 1.97. The van der Waals surface area contributed by atoms with Gasteiger partial charge in [0.15, 0.2) is 0 Å². The summed E-state index contributed by atoms with van der Waals surface area (Å²) >= 11 is 0. The zero-order valence-electron chi connectivity index (χ0n) is 9.44. The van der Waals surface area contributed by atoms with Crippen molar-refractivity contribution in [2.45, 2.75) is 18.9 Å². The van der Waals surface area contributed by atoms with Gasteiger partial charge in [0.25, 0.3) is 0 Å². The van der Waals surface area contributed by atoms with Crippen molar-refractivity contribution in [2.75, 3.05) is 20.3 Å². The molecule has 0 saturated carbocycles. The van der Waals surface area contributed by atoms with Crippen LogP contribution in [0.5, 0.6) is 0 Å². The van der Waals surface area contributed by atoms with Gasteiger partial charge in [0.05, 0.1) is 12.8 Å². The molecular weight excluding hydrogens is 190 g/mol. The molecule has 2 atom stereocenters. The SMILES string of the molecule is CNC1CCOCC1Cc1cnn(C)c1. The second-order valence-electron chi connectivity index (χ2n) is 4.25. The van der Waals surface area contributed by atoms with Gasteiger partial charge in [0, 0.05) is 31.8 Å². The number of nitrogens with one attached hydrogen (secondary N) is 1. The summed E-state index contributed by atoms with van der Waals surface area (Å²) in [4.78, 5) is 0. The van der Waals surface area contributed by atoms with E-state index in [-0.39, 0.29) is 0 Å². The minimum atomic E-state index is 0.577.